The smallest absolute Gasteiger partial charge is 0.251 e. The molecule has 0 atom stereocenters. The second kappa shape index (κ2) is 6.05. The summed E-state index contributed by atoms with van der Waals surface area (Å²) >= 11 is 5.65. The van der Waals surface area contributed by atoms with Gasteiger partial charge in [0.1, 0.15) is 0 Å². The molecule has 0 saturated carbocycles. The lowest BCUT2D eigenvalue weighted by atomic mass is 10.0. The van der Waals surface area contributed by atoms with E-state index < -0.39 is 11.4 Å². The zero-order valence-corrected chi connectivity index (χ0v) is 11.5. The first kappa shape index (κ1) is 14.8. The molecule has 1 rings (SSSR count). The number of hydrogen-bond acceptors (Lipinski definition) is 2. The van der Waals surface area contributed by atoms with Gasteiger partial charge in [-0.3, -0.25) is 4.79 Å². The number of carbonyl (C=O) groups is 1. The third-order valence-electron chi connectivity index (χ3n) is 2.59. The van der Waals surface area contributed by atoms with Gasteiger partial charge in [-0.25, -0.2) is 4.39 Å². The second-order valence-corrected chi connectivity index (χ2v) is 5.00. The predicted octanol–water partition coefficient (Wildman–Crippen LogP) is 2.97. The Morgan fingerprint density at radius 3 is 2.67 bits per heavy atom. The first-order valence-corrected chi connectivity index (χ1v) is 6.15. The van der Waals surface area contributed by atoms with Crippen molar-refractivity contribution in [1.82, 2.24) is 5.32 Å². The number of carbonyl (C=O) groups excluding carboxylic acids is 1. The summed E-state index contributed by atoms with van der Waals surface area (Å²) < 4.78 is 18.3. The molecule has 0 unspecified atom stereocenters. The summed E-state index contributed by atoms with van der Waals surface area (Å²) in [6.07, 6.45) is 0.638. The van der Waals surface area contributed by atoms with Crippen LogP contribution in [0.4, 0.5) is 4.39 Å². The fraction of sp³-hybridized carbons (Fsp3) is 0.462. The van der Waals surface area contributed by atoms with Gasteiger partial charge in [0.2, 0.25) is 0 Å². The highest BCUT2D eigenvalue weighted by atomic mass is 35.5. The number of amides is 1. The van der Waals surface area contributed by atoms with Crippen molar-refractivity contribution in [3.63, 3.8) is 0 Å². The van der Waals surface area contributed by atoms with Gasteiger partial charge in [0, 0.05) is 17.0 Å². The first-order chi connectivity index (χ1) is 8.39. The molecule has 1 aromatic rings. The van der Waals surface area contributed by atoms with Gasteiger partial charge >= 0.3 is 0 Å². The predicted molar refractivity (Wildman–Crippen MR) is 69.8 cm³/mol. The van der Waals surface area contributed by atoms with Crippen molar-refractivity contribution in [3.05, 3.63) is 29.6 Å². The van der Waals surface area contributed by atoms with E-state index in [1.165, 1.54) is 19.2 Å². The molecule has 18 heavy (non-hydrogen) atoms. The Labute approximate surface area is 111 Å². The molecule has 1 N–H and O–H groups in total. The van der Waals surface area contributed by atoms with Crippen LogP contribution in [0.2, 0.25) is 0 Å². The van der Waals surface area contributed by atoms with Crippen molar-refractivity contribution in [1.29, 1.82) is 0 Å². The van der Waals surface area contributed by atoms with Gasteiger partial charge in [-0.2, -0.15) is 0 Å². The molecular weight excluding hydrogens is 257 g/mol. The molecule has 5 heteroatoms. The van der Waals surface area contributed by atoms with Crippen LogP contribution in [0, 0.1) is 5.82 Å². The van der Waals surface area contributed by atoms with Gasteiger partial charge in [0.05, 0.1) is 7.11 Å². The van der Waals surface area contributed by atoms with Crippen LogP contribution in [0.5, 0.6) is 5.75 Å². The van der Waals surface area contributed by atoms with Crippen molar-refractivity contribution in [2.45, 2.75) is 25.8 Å². The average molecular weight is 274 g/mol. The van der Waals surface area contributed by atoms with Crippen LogP contribution in [-0.2, 0) is 0 Å². The molecule has 0 aromatic heterocycles. The minimum absolute atomic E-state index is 0.117. The molecule has 100 valence electrons. The summed E-state index contributed by atoms with van der Waals surface area (Å²) in [6, 6.07) is 4.11. The van der Waals surface area contributed by atoms with Crippen LogP contribution in [0.15, 0.2) is 18.2 Å². The SMILES string of the molecule is COc1ccc(C(=O)NC(C)(C)CCCl)cc1F. The van der Waals surface area contributed by atoms with Gasteiger partial charge in [0.15, 0.2) is 11.6 Å². The van der Waals surface area contributed by atoms with Crippen LogP contribution < -0.4 is 10.1 Å². The Kier molecular flexibility index (Phi) is 4.96. The van der Waals surface area contributed by atoms with E-state index in [9.17, 15) is 9.18 Å². The molecule has 0 aliphatic carbocycles. The minimum Gasteiger partial charge on any atom is -0.494 e. The van der Waals surface area contributed by atoms with E-state index in [4.69, 9.17) is 16.3 Å². The van der Waals surface area contributed by atoms with Crippen LogP contribution in [-0.4, -0.2) is 24.4 Å². The number of benzene rings is 1. The zero-order chi connectivity index (χ0) is 13.8. The molecule has 0 radical (unpaired) electrons. The lowest BCUT2D eigenvalue weighted by Gasteiger charge is -2.25. The van der Waals surface area contributed by atoms with E-state index in [1.807, 2.05) is 13.8 Å². The molecule has 0 saturated heterocycles. The Balaban J connectivity index is 2.82. The minimum atomic E-state index is -0.555. The highest BCUT2D eigenvalue weighted by Gasteiger charge is 2.21. The van der Waals surface area contributed by atoms with E-state index in [0.29, 0.717) is 12.3 Å². The van der Waals surface area contributed by atoms with Gasteiger partial charge in [-0.15, -0.1) is 11.6 Å². The first-order valence-electron chi connectivity index (χ1n) is 5.61. The molecule has 1 aromatic carbocycles. The summed E-state index contributed by atoms with van der Waals surface area (Å²) in [5.41, 5.74) is -0.161. The van der Waals surface area contributed by atoms with Crippen molar-refractivity contribution >= 4 is 17.5 Å². The highest BCUT2D eigenvalue weighted by molar-refractivity contribution is 6.17. The molecule has 1 amide bonds. The summed E-state index contributed by atoms with van der Waals surface area (Å²) in [7, 11) is 1.38. The number of methoxy groups -OCH3 is 1. The Morgan fingerprint density at radius 1 is 1.50 bits per heavy atom. The van der Waals surface area contributed by atoms with E-state index in [0.717, 1.165) is 6.07 Å². The maximum Gasteiger partial charge on any atom is 0.251 e. The van der Waals surface area contributed by atoms with E-state index >= 15 is 0 Å². The molecular formula is C13H17ClFNO2. The number of nitrogens with one attached hydrogen (secondary N) is 1. The third-order valence-corrected chi connectivity index (χ3v) is 2.77. The largest absolute Gasteiger partial charge is 0.494 e. The van der Waals surface area contributed by atoms with Gasteiger partial charge in [-0.1, -0.05) is 0 Å². The van der Waals surface area contributed by atoms with E-state index in [-0.39, 0.29) is 17.2 Å². The zero-order valence-electron chi connectivity index (χ0n) is 10.7. The molecule has 0 spiro atoms. The molecule has 0 aliphatic rings. The third kappa shape index (κ3) is 3.88. The standard InChI is InChI=1S/C13H17ClFNO2/c1-13(2,6-7-14)16-12(17)9-4-5-11(18-3)10(15)8-9/h4-5,8H,6-7H2,1-3H3,(H,16,17). The summed E-state index contributed by atoms with van der Waals surface area (Å²) in [4.78, 5) is 11.9. The monoisotopic (exact) mass is 273 g/mol. The van der Waals surface area contributed by atoms with E-state index in [1.54, 1.807) is 0 Å². The lowest BCUT2D eigenvalue weighted by Crippen LogP contribution is -2.43. The topological polar surface area (TPSA) is 38.3 Å². The van der Waals surface area contributed by atoms with E-state index in [2.05, 4.69) is 5.32 Å². The van der Waals surface area contributed by atoms with Crippen LogP contribution in [0.3, 0.4) is 0 Å². The van der Waals surface area contributed by atoms with Gasteiger partial charge < -0.3 is 10.1 Å². The summed E-state index contributed by atoms with van der Waals surface area (Å²) in [5, 5.41) is 2.81. The van der Waals surface area contributed by atoms with Crippen molar-refractivity contribution in [3.8, 4) is 5.75 Å². The van der Waals surface area contributed by atoms with Crippen molar-refractivity contribution < 1.29 is 13.9 Å². The normalized spacial score (nSPS) is 11.2. The Bertz CT molecular complexity index is 435. The van der Waals surface area contributed by atoms with Crippen molar-refractivity contribution in [2.75, 3.05) is 13.0 Å². The van der Waals surface area contributed by atoms with Crippen LogP contribution in [0.25, 0.3) is 0 Å². The second-order valence-electron chi connectivity index (χ2n) is 4.63. The maximum absolute atomic E-state index is 13.5. The van der Waals surface area contributed by atoms with Gasteiger partial charge in [0.25, 0.3) is 5.91 Å². The fourth-order valence-electron chi connectivity index (χ4n) is 1.49. The number of hydrogen-bond donors (Lipinski definition) is 1. The maximum atomic E-state index is 13.5. The molecule has 0 fully saturated rings. The lowest BCUT2D eigenvalue weighted by molar-refractivity contribution is 0.0911. The summed E-state index contributed by atoms with van der Waals surface area (Å²) in [6.45, 7) is 3.74. The highest BCUT2D eigenvalue weighted by Crippen LogP contribution is 2.18. The molecule has 0 aliphatic heterocycles. The quantitative estimate of drug-likeness (QED) is 0.838. The number of alkyl halides is 1. The Hall–Kier alpha value is -1.29. The molecule has 0 bridgehead atoms. The molecule has 0 heterocycles. The van der Waals surface area contributed by atoms with Crippen molar-refractivity contribution in [2.24, 2.45) is 0 Å². The van der Waals surface area contributed by atoms with Gasteiger partial charge in [-0.05, 0) is 38.5 Å². The number of halogens is 2. The number of ether oxygens (including phenoxy) is 1. The number of rotatable bonds is 5. The van der Waals surface area contributed by atoms with Crippen LogP contribution in [0.1, 0.15) is 30.6 Å². The summed E-state index contributed by atoms with van der Waals surface area (Å²) in [5.74, 6) is -0.317. The fourth-order valence-corrected chi connectivity index (χ4v) is 1.96. The average Bonchev–Trinajstić information content (AvgIpc) is 2.28. The Morgan fingerprint density at radius 2 is 2.17 bits per heavy atom. The molecule has 3 nitrogen and oxygen atoms in total. The van der Waals surface area contributed by atoms with Crippen LogP contribution >= 0.6 is 11.6 Å².